The van der Waals surface area contributed by atoms with E-state index in [4.69, 9.17) is 0 Å². The van der Waals surface area contributed by atoms with Crippen LogP contribution in [0.25, 0.3) is 0 Å². The van der Waals surface area contributed by atoms with Gasteiger partial charge < -0.3 is 9.80 Å². The quantitative estimate of drug-likeness (QED) is 0.781. The van der Waals surface area contributed by atoms with Crippen LogP contribution in [0.2, 0.25) is 0 Å². The SMILES string of the molecule is CC(C)CN(C(=O)[C@H]1CC(=O)N(C2CCC(C)CC2)C1)C1CC1. The van der Waals surface area contributed by atoms with Gasteiger partial charge in [0.1, 0.15) is 0 Å². The molecule has 3 fully saturated rings. The molecule has 3 rings (SSSR count). The van der Waals surface area contributed by atoms with E-state index in [0.717, 1.165) is 38.1 Å². The molecular weight excluding hydrogens is 288 g/mol. The molecule has 2 aliphatic carbocycles. The van der Waals surface area contributed by atoms with Crippen LogP contribution in [0, 0.1) is 17.8 Å². The van der Waals surface area contributed by atoms with Gasteiger partial charge in [0.05, 0.1) is 5.92 Å². The maximum Gasteiger partial charge on any atom is 0.228 e. The highest BCUT2D eigenvalue weighted by atomic mass is 16.2. The van der Waals surface area contributed by atoms with Gasteiger partial charge >= 0.3 is 0 Å². The Hall–Kier alpha value is -1.06. The maximum atomic E-state index is 12.9. The molecule has 0 N–H and O–H groups in total. The smallest absolute Gasteiger partial charge is 0.228 e. The summed E-state index contributed by atoms with van der Waals surface area (Å²) in [6.07, 6.45) is 7.39. The van der Waals surface area contributed by atoms with Crippen molar-refractivity contribution in [2.75, 3.05) is 13.1 Å². The number of rotatable bonds is 5. The van der Waals surface area contributed by atoms with Crippen LogP contribution in [-0.4, -0.2) is 46.8 Å². The number of nitrogens with zero attached hydrogens (tertiary/aromatic N) is 2. The van der Waals surface area contributed by atoms with Crippen molar-refractivity contribution >= 4 is 11.8 Å². The van der Waals surface area contributed by atoms with Crippen molar-refractivity contribution in [2.45, 2.75) is 77.8 Å². The van der Waals surface area contributed by atoms with E-state index in [0.29, 0.717) is 31.0 Å². The molecule has 0 radical (unpaired) electrons. The molecule has 3 aliphatic rings. The van der Waals surface area contributed by atoms with Gasteiger partial charge in [-0.25, -0.2) is 0 Å². The standard InChI is InChI=1S/C19H32N2O2/c1-13(2)11-21(17-8-9-17)19(23)15-10-18(22)20(12-15)16-6-4-14(3)5-7-16/h13-17H,4-12H2,1-3H3/t14?,15-,16?/m0/s1. The highest BCUT2D eigenvalue weighted by Crippen LogP contribution is 2.34. The first-order chi connectivity index (χ1) is 11.0. The summed E-state index contributed by atoms with van der Waals surface area (Å²) in [7, 11) is 0. The number of hydrogen-bond donors (Lipinski definition) is 0. The largest absolute Gasteiger partial charge is 0.339 e. The molecule has 1 aliphatic heterocycles. The first kappa shape index (κ1) is 16.8. The normalized spacial score (nSPS) is 31.7. The predicted octanol–water partition coefficient (Wildman–Crippen LogP) is 3.06. The van der Waals surface area contributed by atoms with Crippen molar-refractivity contribution in [1.29, 1.82) is 0 Å². The third kappa shape index (κ3) is 3.89. The molecule has 0 aromatic heterocycles. The van der Waals surface area contributed by atoms with Gasteiger partial charge in [-0.2, -0.15) is 0 Å². The van der Waals surface area contributed by atoms with E-state index < -0.39 is 0 Å². The average molecular weight is 320 g/mol. The van der Waals surface area contributed by atoms with Gasteiger partial charge in [0.25, 0.3) is 0 Å². The van der Waals surface area contributed by atoms with Crippen molar-refractivity contribution in [3.8, 4) is 0 Å². The summed E-state index contributed by atoms with van der Waals surface area (Å²) in [5.74, 6) is 1.64. The van der Waals surface area contributed by atoms with Crippen LogP contribution in [0.1, 0.15) is 65.7 Å². The molecule has 0 unspecified atom stereocenters. The summed E-state index contributed by atoms with van der Waals surface area (Å²) < 4.78 is 0. The van der Waals surface area contributed by atoms with Gasteiger partial charge in [0, 0.05) is 31.6 Å². The van der Waals surface area contributed by atoms with E-state index in [1.165, 1.54) is 12.8 Å². The molecule has 2 saturated carbocycles. The van der Waals surface area contributed by atoms with Crippen LogP contribution < -0.4 is 0 Å². The lowest BCUT2D eigenvalue weighted by molar-refractivity contribution is -0.137. The van der Waals surface area contributed by atoms with Crippen LogP contribution in [0.5, 0.6) is 0 Å². The second-order valence-electron chi connectivity index (χ2n) is 8.48. The zero-order valence-corrected chi connectivity index (χ0v) is 15.0. The molecular formula is C19H32N2O2. The van der Waals surface area contributed by atoms with E-state index in [-0.39, 0.29) is 17.7 Å². The molecule has 23 heavy (non-hydrogen) atoms. The molecule has 0 spiro atoms. The molecule has 0 aromatic carbocycles. The fourth-order valence-corrected chi connectivity index (χ4v) is 4.24. The minimum absolute atomic E-state index is 0.0961. The summed E-state index contributed by atoms with van der Waals surface area (Å²) in [6.45, 7) is 8.14. The summed E-state index contributed by atoms with van der Waals surface area (Å²) >= 11 is 0. The highest BCUT2D eigenvalue weighted by Gasteiger charge is 2.43. The van der Waals surface area contributed by atoms with Gasteiger partial charge in [-0.05, 0) is 50.4 Å². The molecule has 1 atom stereocenters. The molecule has 130 valence electrons. The molecule has 0 aromatic rings. The van der Waals surface area contributed by atoms with Crippen LogP contribution >= 0.6 is 0 Å². The van der Waals surface area contributed by atoms with E-state index in [1.54, 1.807) is 0 Å². The molecule has 1 heterocycles. The van der Waals surface area contributed by atoms with Gasteiger partial charge in [0.15, 0.2) is 0 Å². The van der Waals surface area contributed by atoms with Gasteiger partial charge in [0.2, 0.25) is 11.8 Å². The fraction of sp³-hybridized carbons (Fsp3) is 0.895. The Balaban J connectivity index is 1.60. The lowest BCUT2D eigenvalue weighted by Crippen LogP contribution is -2.42. The van der Waals surface area contributed by atoms with Crippen molar-refractivity contribution in [2.24, 2.45) is 17.8 Å². The zero-order valence-electron chi connectivity index (χ0n) is 15.0. The van der Waals surface area contributed by atoms with E-state index >= 15 is 0 Å². The topological polar surface area (TPSA) is 40.6 Å². The van der Waals surface area contributed by atoms with E-state index in [2.05, 4.69) is 25.7 Å². The van der Waals surface area contributed by atoms with Gasteiger partial charge in [-0.15, -0.1) is 0 Å². The first-order valence-corrected chi connectivity index (χ1v) is 9.55. The zero-order chi connectivity index (χ0) is 16.6. The molecule has 1 saturated heterocycles. The third-order valence-electron chi connectivity index (χ3n) is 5.77. The first-order valence-electron chi connectivity index (χ1n) is 9.55. The van der Waals surface area contributed by atoms with Crippen LogP contribution in [0.15, 0.2) is 0 Å². The average Bonchev–Trinajstić information content (AvgIpc) is 3.27. The van der Waals surface area contributed by atoms with E-state index in [1.807, 2.05) is 4.90 Å². The number of hydrogen-bond acceptors (Lipinski definition) is 2. The van der Waals surface area contributed by atoms with Crippen molar-refractivity contribution in [3.63, 3.8) is 0 Å². The summed E-state index contributed by atoms with van der Waals surface area (Å²) in [5, 5.41) is 0. The van der Waals surface area contributed by atoms with Crippen LogP contribution in [0.4, 0.5) is 0 Å². The number of amides is 2. The molecule has 2 amide bonds. The Kier molecular flexibility index (Phi) is 4.98. The monoisotopic (exact) mass is 320 g/mol. The Morgan fingerprint density at radius 2 is 1.83 bits per heavy atom. The molecule has 4 heteroatoms. The number of likely N-dealkylation sites (tertiary alicyclic amines) is 1. The minimum Gasteiger partial charge on any atom is -0.339 e. The Bertz CT molecular complexity index is 450. The lowest BCUT2D eigenvalue weighted by Gasteiger charge is -2.34. The minimum atomic E-state index is -0.0961. The van der Waals surface area contributed by atoms with Crippen molar-refractivity contribution < 1.29 is 9.59 Å². The summed E-state index contributed by atoms with van der Waals surface area (Å²) in [5.41, 5.74) is 0. The number of carbonyl (C=O) groups excluding carboxylic acids is 2. The predicted molar refractivity (Wildman–Crippen MR) is 90.8 cm³/mol. The summed E-state index contributed by atoms with van der Waals surface area (Å²) in [6, 6.07) is 0.834. The molecule has 4 nitrogen and oxygen atoms in total. The second kappa shape index (κ2) is 6.82. The van der Waals surface area contributed by atoms with Crippen molar-refractivity contribution in [1.82, 2.24) is 9.80 Å². The summed E-state index contributed by atoms with van der Waals surface area (Å²) in [4.78, 5) is 29.5. The third-order valence-corrected chi connectivity index (χ3v) is 5.77. The Morgan fingerprint density at radius 1 is 1.17 bits per heavy atom. The Morgan fingerprint density at radius 3 is 2.39 bits per heavy atom. The van der Waals surface area contributed by atoms with Crippen LogP contribution in [0.3, 0.4) is 0 Å². The number of carbonyl (C=O) groups is 2. The van der Waals surface area contributed by atoms with Crippen molar-refractivity contribution in [3.05, 3.63) is 0 Å². The lowest BCUT2D eigenvalue weighted by atomic mass is 9.86. The maximum absolute atomic E-state index is 12.9. The van der Waals surface area contributed by atoms with Crippen LogP contribution in [-0.2, 0) is 9.59 Å². The van der Waals surface area contributed by atoms with Gasteiger partial charge in [-0.3, -0.25) is 9.59 Å². The second-order valence-corrected chi connectivity index (χ2v) is 8.48. The fourth-order valence-electron chi connectivity index (χ4n) is 4.24. The highest BCUT2D eigenvalue weighted by molar-refractivity contribution is 5.89. The van der Waals surface area contributed by atoms with Gasteiger partial charge in [-0.1, -0.05) is 20.8 Å². The van der Waals surface area contributed by atoms with E-state index in [9.17, 15) is 9.59 Å². The molecule has 0 bridgehead atoms. The Labute approximate surface area is 140 Å².